The van der Waals surface area contributed by atoms with Crippen molar-refractivity contribution in [3.05, 3.63) is 59.4 Å². The van der Waals surface area contributed by atoms with E-state index in [4.69, 9.17) is 9.47 Å². The van der Waals surface area contributed by atoms with Crippen LogP contribution in [0.5, 0.6) is 5.75 Å². The molecule has 0 aromatic heterocycles. The molecule has 1 heterocycles. The van der Waals surface area contributed by atoms with Crippen molar-refractivity contribution in [2.75, 3.05) is 19.0 Å². The Morgan fingerprint density at radius 1 is 1.25 bits per heavy atom. The zero-order chi connectivity index (χ0) is 16.9. The minimum absolute atomic E-state index is 0.0207. The number of carbonyl (C=O) groups is 1. The Morgan fingerprint density at radius 2 is 2.04 bits per heavy atom. The number of urea groups is 1. The topological polar surface area (TPSA) is 59.6 Å². The van der Waals surface area contributed by atoms with Gasteiger partial charge in [0.15, 0.2) is 5.82 Å². The van der Waals surface area contributed by atoms with Gasteiger partial charge in [-0.25, -0.2) is 9.18 Å². The molecule has 0 saturated carbocycles. The van der Waals surface area contributed by atoms with Crippen LogP contribution in [0.25, 0.3) is 0 Å². The van der Waals surface area contributed by atoms with Crippen LogP contribution in [0.15, 0.2) is 42.5 Å². The van der Waals surface area contributed by atoms with Gasteiger partial charge in [-0.05, 0) is 23.3 Å². The number of benzene rings is 2. The van der Waals surface area contributed by atoms with Gasteiger partial charge in [0.1, 0.15) is 11.4 Å². The zero-order valence-corrected chi connectivity index (χ0v) is 13.3. The van der Waals surface area contributed by atoms with E-state index in [0.717, 1.165) is 6.42 Å². The average Bonchev–Trinajstić information content (AvgIpc) is 2.61. The maximum absolute atomic E-state index is 13.8. The largest absolute Gasteiger partial charge is 0.494 e. The monoisotopic (exact) mass is 330 g/mol. The number of halogens is 1. The van der Waals surface area contributed by atoms with E-state index in [-0.39, 0.29) is 17.5 Å². The van der Waals surface area contributed by atoms with Crippen molar-refractivity contribution in [3.8, 4) is 5.75 Å². The molecule has 3 rings (SSSR count). The Balaban J connectivity index is 1.56. The number of anilines is 1. The lowest BCUT2D eigenvalue weighted by atomic mass is 9.99. The molecule has 2 aromatic rings. The zero-order valence-electron chi connectivity index (χ0n) is 13.3. The van der Waals surface area contributed by atoms with E-state index in [0.29, 0.717) is 13.2 Å². The summed E-state index contributed by atoms with van der Waals surface area (Å²) in [7, 11) is 1.42. The van der Waals surface area contributed by atoms with Crippen molar-refractivity contribution in [1.29, 1.82) is 0 Å². The number of hydrogen-bond acceptors (Lipinski definition) is 3. The molecule has 0 saturated heterocycles. The van der Waals surface area contributed by atoms with Gasteiger partial charge in [0.2, 0.25) is 0 Å². The van der Waals surface area contributed by atoms with E-state index in [2.05, 4.69) is 16.7 Å². The third-order valence-corrected chi connectivity index (χ3v) is 3.96. The molecule has 0 fully saturated rings. The van der Waals surface area contributed by atoms with E-state index in [1.165, 1.54) is 30.4 Å². The number of methoxy groups -OCH3 is 1. The summed E-state index contributed by atoms with van der Waals surface area (Å²) in [5.74, 6) is -0.277. The molecule has 126 valence electrons. The van der Waals surface area contributed by atoms with Gasteiger partial charge >= 0.3 is 6.03 Å². The Labute approximate surface area is 139 Å². The predicted molar refractivity (Wildman–Crippen MR) is 88.7 cm³/mol. The van der Waals surface area contributed by atoms with Crippen LogP contribution in [0.4, 0.5) is 14.9 Å². The number of para-hydroxylation sites is 1. The smallest absolute Gasteiger partial charge is 0.319 e. The lowest BCUT2D eigenvalue weighted by molar-refractivity contribution is 0.0308. The Hall–Kier alpha value is -2.60. The second kappa shape index (κ2) is 7.31. The fourth-order valence-corrected chi connectivity index (χ4v) is 2.70. The van der Waals surface area contributed by atoms with Crippen LogP contribution in [0.2, 0.25) is 0 Å². The molecule has 1 aliphatic rings. The first kappa shape index (κ1) is 16.3. The number of rotatable bonds is 4. The van der Waals surface area contributed by atoms with Crippen molar-refractivity contribution < 1.29 is 18.7 Å². The van der Waals surface area contributed by atoms with Crippen LogP contribution >= 0.6 is 0 Å². The summed E-state index contributed by atoms with van der Waals surface area (Å²) in [5, 5.41) is 5.20. The Morgan fingerprint density at radius 3 is 2.83 bits per heavy atom. The van der Waals surface area contributed by atoms with Crippen molar-refractivity contribution in [2.24, 2.45) is 0 Å². The highest BCUT2D eigenvalue weighted by atomic mass is 19.1. The first-order chi connectivity index (χ1) is 11.7. The number of carbonyl (C=O) groups excluding carboxylic acids is 1. The summed E-state index contributed by atoms with van der Waals surface area (Å²) in [4.78, 5) is 12.0. The standard InChI is InChI=1S/C18H19FN2O3/c1-23-16-8-4-7-15(19)17(16)21-18(22)20-10-14-9-12-5-2-3-6-13(12)11-24-14/h2-8,14H,9-11H2,1H3,(H2,20,21,22)/t14-/m0/s1. The minimum atomic E-state index is -0.549. The van der Waals surface area contributed by atoms with E-state index < -0.39 is 11.8 Å². The van der Waals surface area contributed by atoms with Crippen LogP contribution in [-0.4, -0.2) is 25.8 Å². The van der Waals surface area contributed by atoms with Gasteiger partial charge in [-0.2, -0.15) is 0 Å². The summed E-state index contributed by atoms with van der Waals surface area (Å²) < 4.78 is 24.6. The molecule has 5 nitrogen and oxygen atoms in total. The minimum Gasteiger partial charge on any atom is -0.494 e. The fourth-order valence-electron chi connectivity index (χ4n) is 2.70. The molecule has 0 aliphatic carbocycles. The van der Waals surface area contributed by atoms with Gasteiger partial charge in [0.05, 0.1) is 19.8 Å². The second-order valence-electron chi connectivity index (χ2n) is 5.56. The van der Waals surface area contributed by atoms with Crippen LogP contribution in [0.1, 0.15) is 11.1 Å². The van der Waals surface area contributed by atoms with E-state index in [1.807, 2.05) is 18.2 Å². The molecule has 2 amide bonds. The molecule has 1 atom stereocenters. The highest BCUT2D eigenvalue weighted by molar-refractivity contribution is 5.91. The fraction of sp³-hybridized carbons (Fsp3) is 0.278. The SMILES string of the molecule is COc1cccc(F)c1NC(=O)NC[C@@H]1Cc2ccccc2CO1. The van der Waals surface area contributed by atoms with E-state index in [9.17, 15) is 9.18 Å². The summed E-state index contributed by atoms with van der Waals surface area (Å²) in [6.45, 7) is 0.877. The Kier molecular flexibility index (Phi) is 4.96. The van der Waals surface area contributed by atoms with E-state index >= 15 is 0 Å². The molecule has 6 heteroatoms. The summed E-state index contributed by atoms with van der Waals surface area (Å²) in [6, 6.07) is 11.9. The third-order valence-electron chi connectivity index (χ3n) is 3.96. The van der Waals surface area contributed by atoms with Gasteiger partial charge in [-0.1, -0.05) is 30.3 Å². The molecular formula is C18H19FN2O3. The molecule has 0 bridgehead atoms. The summed E-state index contributed by atoms with van der Waals surface area (Å²) in [5.41, 5.74) is 2.42. The van der Waals surface area contributed by atoms with Crippen LogP contribution in [0.3, 0.4) is 0 Å². The van der Waals surface area contributed by atoms with Gasteiger partial charge in [0.25, 0.3) is 0 Å². The van der Waals surface area contributed by atoms with Gasteiger partial charge in [0, 0.05) is 13.0 Å². The number of nitrogens with one attached hydrogen (secondary N) is 2. The van der Waals surface area contributed by atoms with Crippen molar-refractivity contribution in [3.63, 3.8) is 0 Å². The normalized spacial score (nSPS) is 16.2. The van der Waals surface area contributed by atoms with E-state index in [1.54, 1.807) is 6.07 Å². The Bertz CT molecular complexity index is 736. The maximum atomic E-state index is 13.8. The number of amides is 2. The van der Waals surface area contributed by atoms with Crippen LogP contribution in [-0.2, 0) is 17.8 Å². The molecular weight excluding hydrogens is 311 g/mol. The molecule has 2 N–H and O–H groups in total. The maximum Gasteiger partial charge on any atom is 0.319 e. The number of ether oxygens (including phenoxy) is 2. The summed E-state index contributed by atoms with van der Waals surface area (Å²) in [6.07, 6.45) is 0.632. The van der Waals surface area contributed by atoms with Crippen LogP contribution in [0, 0.1) is 5.82 Å². The molecule has 24 heavy (non-hydrogen) atoms. The van der Waals surface area contributed by atoms with Crippen molar-refractivity contribution in [1.82, 2.24) is 5.32 Å². The molecule has 0 radical (unpaired) electrons. The van der Waals surface area contributed by atoms with Gasteiger partial charge in [-0.3, -0.25) is 0 Å². The third kappa shape index (κ3) is 3.65. The highest BCUT2D eigenvalue weighted by Crippen LogP contribution is 2.26. The van der Waals surface area contributed by atoms with Crippen molar-refractivity contribution in [2.45, 2.75) is 19.1 Å². The second-order valence-corrected chi connectivity index (χ2v) is 5.56. The molecule has 0 spiro atoms. The van der Waals surface area contributed by atoms with Crippen LogP contribution < -0.4 is 15.4 Å². The molecule has 2 aromatic carbocycles. The van der Waals surface area contributed by atoms with Gasteiger partial charge in [-0.15, -0.1) is 0 Å². The van der Waals surface area contributed by atoms with Gasteiger partial charge < -0.3 is 20.1 Å². The predicted octanol–water partition coefficient (Wildman–Crippen LogP) is 3.10. The number of hydrogen-bond donors (Lipinski definition) is 2. The number of fused-ring (bicyclic) bond motifs is 1. The molecule has 0 unspecified atom stereocenters. The van der Waals surface area contributed by atoms with Crippen molar-refractivity contribution >= 4 is 11.7 Å². The average molecular weight is 330 g/mol. The lowest BCUT2D eigenvalue weighted by Crippen LogP contribution is -2.39. The summed E-state index contributed by atoms with van der Waals surface area (Å²) >= 11 is 0. The highest BCUT2D eigenvalue weighted by Gasteiger charge is 2.20. The first-order valence-corrected chi connectivity index (χ1v) is 7.73. The lowest BCUT2D eigenvalue weighted by Gasteiger charge is -2.25. The quantitative estimate of drug-likeness (QED) is 0.906. The molecule has 1 aliphatic heterocycles. The first-order valence-electron chi connectivity index (χ1n) is 7.73.